The summed E-state index contributed by atoms with van der Waals surface area (Å²) in [5.74, 6) is -0.0276. The van der Waals surface area contributed by atoms with Crippen molar-refractivity contribution in [2.24, 2.45) is 0 Å². The monoisotopic (exact) mass is 337 g/mol. The lowest BCUT2D eigenvalue weighted by Crippen LogP contribution is -2.60. The minimum Gasteiger partial charge on any atom is -0.361 e. The van der Waals surface area contributed by atoms with E-state index >= 15 is 0 Å². The fraction of sp³-hybridized carbons (Fsp3) is 0.688. The topological polar surface area (TPSA) is 62.7 Å². The van der Waals surface area contributed by atoms with E-state index in [0.717, 1.165) is 30.1 Å². The van der Waals surface area contributed by atoms with Gasteiger partial charge in [0.15, 0.2) is 5.60 Å². The Morgan fingerprint density at radius 2 is 2.09 bits per heavy atom. The quantitative estimate of drug-likeness (QED) is 0.781. The van der Waals surface area contributed by atoms with Crippen molar-refractivity contribution < 1.29 is 14.3 Å². The maximum absolute atomic E-state index is 12.8. The number of aromatic nitrogens is 1. The van der Waals surface area contributed by atoms with E-state index in [9.17, 15) is 9.59 Å². The van der Waals surface area contributed by atoms with Gasteiger partial charge in [-0.15, -0.1) is 11.3 Å². The van der Waals surface area contributed by atoms with Crippen molar-refractivity contribution >= 4 is 23.2 Å². The molecule has 0 saturated carbocycles. The molecule has 3 heterocycles. The van der Waals surface area contributed by atoms with Gasteiger partial charge in [0.25, 0.3) is 11.8 Å². The smallest absolute Gasteiger partial charge is 0.266 e. The molecule has 1 aromatic rings. The Labute approximate surface area is 140 Å². The second-order valence-electron chi connectivity index (χ2n) is 6.40. The van der Waals surface area contributed by atoms with Crippen LogP contribution in [0.2, 0.25) is 0 Å². The fourth-order valence-electron chi connectivity index (χ4n) is 3.43. The summed E-state index contributed by atoms with van der Waals surface area (Å²) in [6, 6.07) is 0. The maximum atomic E-state index is 12.8. The Morgan fingerprint density at radius 3 is 2.78 bits per heavy atom. The van der Waals surface area contributed by atoms with Gasteiger partial charge in [0.05, 0.1) is 23.9 Å². The summed E-state index contributed by atoms with van der Waals surface area (Å²) < 4.78 is 5.92. The molecule has 2 saturated heterocycles. The second kappa shape index (κ2) is 6.20. The number of morpholine rings is 1. The molecule has 3 rings (SSSR count). The van der Waals surface area contributed by atoms with Gasteiger partial charge in [-0.2, -0.15) is 0 Å². The van der Waals surface area contributed by atoms with Gasteiger partial charge in [-0.3, -0.25) is 9.59 Å². The van der Waals surface area contributed by atoms with E-state index in [0.29, 0.717) is 31.0 Å². The number of carbonyl (C=O) groups is 2. The third-order valence-corrected chi connectivity index (χ3v) is 5.69. The molecule has 23 heavy (non-hydrogen) atoms. The molecular formula is C16H23N3O3S. The molecule has 0 aromatic carbocycles. The Morgan fingerprint density at radius 1 is 1.30 bits per heavy atom. The van der Waals surface area contributed by atoms with Crippen LogP contribution in [0.15, 0.2) is 0 Å². The van der Waals surface area contributed by atoms with Gasteiger partial charge in [0, 0.05) is 20.1 Å². The van der Waals surface area contributed by atoms with E-state index in [4.69, 9.17) is 4.74 Å². The summed E-state index contributed by atoms with van der Waals surface area (Å²) in [5.41, 5.74) is -0.102. The van der Waals surface area contributed by atoms with E-state index in [-0.39, 0.29) is 11.8 Å². The lowest BCUT2D eigenvalue weighted by atomic mass is 9.94. The Balaban J connectivity index is 1.84. The molecule has 0 aliphatic carbocycles. The molecule has 0 bridgehead atoms. The number of hydrogen-bond acceptors (Lipinski definition) is 5. The van der Waals surface area contributed by atoms with E-state index in [1.165, 1.54) is 11.3 Å². The van der Waals surface area contributed by atoms with Crippen molar-refractivity contribution in [2.75, 3.05) is 33.3 Å². The molecule has 2 aliphatic heterocycles. The molecule has 1 spiro atoms. The normalized spacial score (nSPS) is 25.8. The van der Waals surface area contributed by atoms with Crippen LogP contribution in [0.3, 0.4) is 0 Å². The highest BCUT2D eigenvalue weighted by atomic mass is 32.1. The van der Waals surface area contributed by atoms with Crippen LogP contribution in [0, 0.1) is 13.8 Å². The zero-order valence-corrected chi connectivity index (χ0v) is 14.7. The molecule has 0 N–H and O–H groups in total. The molecule has 6 nitrogen and oxygen atoms in total. The molecule has 2 amide bonds. The number of hydrogen-bond donors (Lipinski definition) is 0. The van der Waals surface area contributed by atoms with Gasteiger partial charge in [0.2, 0.25) is 0 Å². The predicted molar refractivity (Wildman–Crippen MR) is 87.7 cm³/mol. The van der Waals surface area contributed by atoms with Crippen molar-refractivity contribution in [1.82, 2.24) is 14.8 Å². The number of amides is 2. The van der Waals surface area contributed by atoms with Crippen LogP contribution >= 0.6 is 11.3 Å². The number of carbonyl (C=O) groups excluding carboxylic acids is 2. The summed E-state index contributed by atoms with van der Waals surface area (Å²) in [7, 11) is 1.82. The van der Waals surface area contributed by atoms with Gasteiger partial charge in [-0.25, -0.2) is 4.98 Å². The second-order valence-corrected chi connectivity index (χ2v) is 7.60. The van der Waals surface area contributed by atoms with E-state index in [2.05, 4.69) is 4.98 Å². The first-order valence-electron chi connectivity index (χ1n) is 8.06. The van der Waals surface area contributed by atoms with E-state index in [1.807, 2.05) is 20.9 Å². The zero-order valence-electron chi connectivity index (χ0n) is 13.9. The summed E-state index contributed by atoms with van der Waals surface area (Å²) >= 11 is 1.42. The Hall–Kier alpha value is -1.47. The molecule has 0 radical (unpaired) electrons. The zero-order chi connectivity index (χ0) is 16.6. The summed E-state index contributed by atoms with van der Waals surface area (Å²) in [4.78, 5) is 34.1. The number of aryl methyl sites for hydroxylation is 2. The van der Waals surface area contributed by atoms with Gasteiger partial charge in [-0.1, -0.05) is 0 Å². The fourth-order valence-corrected chi connectivity index (χ4v) is 4.32. The van der Waals surface area contributed by atoms with Crippen LogP contribution in [0.1, 0.15) is 39.6 Å². The van der Waals surface area contributed by atoms with E-state index in [1.54, 1.807) is 9.80 Å². The number of nitrogens with zero attached hydrogens (tertiary/aromatic N) is 3. The van der Waals surface area contributed by atoms with Gasteiger partial charge in [-0.05, 0) is 33.1 Å². The SMILES string of the molecule is Cc1nc(C)c(C(=O)N2CCOC3(CCCCN(C)C3=O)C2)s1. The average Bonchev–Trinajstić information content (AvgIpc) is 2.82. The molecule has 2 fully saturated rings. The van der Waals surface area contributed by atoms with Crippen LogP contribution in [-0.4, -0.2) is 65.5 Å². The van der Waals surface area contributed by atoms with Crippen molar-refractivity contribution in [3.05, 3.63) is 15.6 Å². The molecule has 7 heteroatoms. The van der Waals surface area contributed by atoms with Crippen molar-refractivity contribution in [3.63, 3.8) is 0 Å². The van der Waals surface area contributed by atoms with Crippen molar-refractivity contribution in [2.45, 2.75) is 38.7 Å². The number of ether oxygens (including phenoxy) is 1. The minimum atomic E-state index is -0.868. The van der Waals surface area contributed by atoms with Crippen LogP contribution in [0.25, 0.3) is 0 Å². The third-order valence-electron chi connectivity index (χ3n) is 4.63. The minimum absolute atomic E-state index is 0.00436. The molecule has 2 aliphatic rings. The molecule has 1 unspecified atom stereocenters. The Kier molecular flexibility index (Phi) is 4.42. The molecule has 1 atom stereocenters. The number of rotatable bonds is 1. The van der Waals surface area contributed by atoms with Gasteiger partial charge < -0.3 is 14.5 Å². The first kappa shape index (κ1) is 16.4. The highest BCUT2D eigenvalue weighted by Crippen LogP contribution is 2.30. The summed E-state index contributed by atoms with van der Waals surface area (Å²) in [5, 5.41) is 0.888. The number of thiazole rings is 1. The largest absolute Gasteiger partial charge is 0.361 e. The molecular weight excluding hydrogens is 314 g/mol. The lowest BCUT2D eigenvalue weighted by Gasteiger charge is -2.42. The van der Waals surface area contributed by atoms with E-state index < -0.39 is 5.60 Å². The van der Waals surface area contributed by atoms with Crippen LogP contribution in [0.4, 0.5) is 0 Å². The van der Waals surface area contributed by atoms with Crippen LogP contribution in [0.5, 0.6) is 0 Å². The summed E-state index contributed by atoms with van der Waals surface area (Å²) in [6.07, 6.45) is 2.60. The highest BCUT2D eigenvalue weighted by Gasteiger charge is 2.47. The van der Waals surface area contributed by atoms with Crippen molar-refractivity contribution in [1.29, 1.82) is 0 Å². The lowest BCUT2D eigenvalue weighted by molar-refractivity contribution is -0.166. The average molecular weight is 337 g/mol. The molecule has 126 valence electrons. The first-order valence-corrected chi connectivity index (χ1v) is 8.87. The number of likely N-dealkylation sites (N-methyl/N-ethyl adjacent to an activating group) is 1. The van der Waals surface area contributed by atoms with Gasteiger partial charge in [0.1, 0.15) is 4.88 Å². The predicted octanol–water partition coefficient (Wildman–Crippen LogP) is 1.61. The summed E-state index contributed by atoms with van der Waals surface area (Å²) in [6.45, 7) is 5.78. The van der Waals surface area contributed by atoms with Gasteiger partial charge >= 0.3 is 0 Å². The van der Waals surface area contributed by atoms with Crippen molar-refractivity contribution in [3.8, 4) is 0 Å². The maximum Gasteiger partial charge on any atom is 0.266 e. The third kappa shape index (κ3) is 2.99. The number of likely N-dealkylation sites (tertiary alicyclic amines) is 1. The van der Waals surface area contributed by atoms with Crippen LogP contribution in [-0.2, 0) is 9.53 Å². The standard InChI is InChI=1S/C16H23N3O3S/c1-11-13(23-12(2)17-11)14(20)19-8-9-22-16(10-19)6-4-5-7-18(3)15(16)21/h4-10H2,1-3H3. The first-order chi connectivity index (χ1) is 10.9. The van der Waals surface area contributed by atoms with Crippen LogP contribution < -0.4 is 0 Å². The Bertz CT molecular complexity index is 630. The highest BCUT2D eigenvalue weighted by molar-refractivity contribution is 7.13. The molecule has 1 aromatic heterocycles.